The van der Waals surface area contributed by atoms with Crippen molar-refractivity contribution in [2.24, 2.45) is 11.8 Å². The van der Waals surface area contributed by atoms with Crippen LogP contribution in [-0.2, 0) is 10.3 Å². The lowest BCUT2D eigenvalue weighted by atomic mass is 9.65. The second-order valence-electron chi connectivity index (χ2n) is 7.81. The highest BCUT2D eigenvalue weighted by Gasteiger charge is 2.54. The maximum absolute atomic E-state index is 15.1. The molecule has 3 aliphatic heterocycles. The number of halogens is 1. The normalized spacial score (nSPS) is 30.5. The quantitative estimate of drug-likeness (QED) is 0.869. The van der Waals surface area contributed by atoms with Crippen LogP contribution in [0, 0.1) is 24.6 Å². The number of hydrogen-bond donors (Lipinski definition) is 2. The van der Waals surface area contributed by atoms with E-state index in [1.54, 1.807) is 12.1 Å². The molecule has 2 amide bonds. The van der Waals surface area contributed by atoms with E-state index in [0.717, 1.165) is 31.5 Å². The third-order valence-electron chi connectivity index (χ3n) is 6.42. The van der Waals surface area contributed by atoms with Gasteiger partial charge in [-0.15, -0.1) is 0 Å². The van der Waals surface area contributed by atoms with Crippen LogP contribution in [0.1, 0.15) is 30.4 Å². The Morgan fingerprint density at radius 2 is 2.08 bits per heavy atom. The molecule has 4 rings (SSSR count). The van der Waals surface area contributed by atoms with Crippen LogP contribution in [0.5, 0.6) is 0 Å². The summed E-state index contributed by atoms with van der Waals surface area (Å²) in [5, 5.41) is 6.34. The Hall–Kier alpha value is -1.66. The van der Waals surface area contributed by atoms with Crippen LogP contribution in [0.25, 0.3) is 0 Å². The first kappa shape index (κ1) is 17.7. The average Bonchev–Trinajstić information content (AvgIpc) is 3.11. The number of nitrogens with zero attached hydrogens (tertiary/aromatic N) is 1. The van der Waals surface area contributed by atoms with Crippen molar-refractivity contribution in [2.45, 2.75) is 31.7 Å². The van der Waals surface area contributed by atoms with Gasteiger partial charge in [0.25, 0.3) is 0 Å². The Morgan fingerprint density at radius 3 is 2.81 bits per heavy atom. The Bertz CT molecular complexity index is 677. The largest absolute Gasteiger partial charge is 0.381 e. The lowest BCUT2D eigenvalue weighted by Crippen LogP contribution is -2.59. The van der Waals surface area contributed by atoms with Gasteiger partial charge in [0.2, 0.25) is 0 Å². The molecule has 3 saturated heterocycles. The number of ether oxygens (including phenoxy) is 1. The van der Waals surface area contributed by atoms with Crippen LogP contribution in [0.15, 0.2) is 18.2 Å². The maximum Gasteiger partial charge on any atom is 0.318 e. The molecule has 2 atom stereocenters. The summed E-state index contributed by atoms with van der Waals surface area (Å²) in [7, 11) is 0. The highest BCUT2D eigenvalue weighted by molar-refractivity contribution is 5.77. The molecule has 2 N–H and O–H groups in total. The highest BCUT2D eigenvalue weighted by Crippen LogP contribution is 2.48. The Kier molecular flexibility index (Phi) is 4.88. The maximum atomic E-state index is 15.1. The van der Waals surface area contributed by atoms with Crippen molar-refractivity contribution in [3.8, 4) is 0 Å². The van der Waals surface area contributed by atoms with Crippen molar-refractivity contribution in [3.63, 3.8) is 0 Å². The molecular weight excluding hydrogens is 333 g/mol. The fraction of sp³-hybridized carbons (Fsp3) is 0.650. The number of amides is 2. The summed E-state index contributed by atoms with van der Waals surface area (Å²) < 4.78 is 21.0. The van der Waals surface area contributed by atoms with E-state index in [0.29, 0.717) is 44.2 Å². The lowest BCUT2D eigenvalue weighted by Gasteiger charge is -2.53. The second-order valence-corrected chi connectivity index (χ2v) is 7.81. The number of carbonyl (C=O) groups excluding carboxylic acids is 1. The number of carbonyl (C=O) groups is 1. The molecule has 3 heterocycles. The summed E-state index contributed by atoms with van der Waals surface area (Å²) in [6.07, 6.45) is 2.73. The summed E-state index contributed by atoms with van der Waals surface area (Å²) in [6, 6.07) is 5.22. The van der Waals surface area contributed by atoms with Crippen LogP contribution in [-0.4, -0.2) is 50.3 Å². The first-order valence-electron chi connectivity index (χ1n) is 9.73. The third kappa shape index (κ3) is 2.89. The summed E-state index contributed by atoms with van der Waals surface area (Å²) >= 11 is 0. The predicted molar refractivity (Wildman–Crippen MR) is 97.4 cm³/mol. The molecular formula is C20H28FN3O2. The SMILES string of the molecule is Cc1ccc(F)c(C2(N3CCNC3=O)CCOCC2C2CCNCC2)c1. The molecule has 142 valence electrons. The standard InChI is InChI=1S/C20H28FN3O2/c1-14-2-3-18(21)16(12-14)20(24-10-9-23-19(24)25)6-11-26-13-17(20)15-4-7-22-8-5-15/h2-3,12,15,17,22H,4-11,13H2,1H3,(H,23,25). The number of hydrogen-bond acceptors (Lipinski definition) is 3. The van der Waals surface area contributed by atoms with Gasteiger partial charge in [-0.25, -0.2) is 9.18 Å². The molecule has 0 saturated carbocycles. The number of urea groups is 1. The van der Waals surface area contributed by atoms with Gasteiger partial charge in [0.1, 0.15) is 5.82 Å². The van der Waals surface area contributed by atoms with Gasteiger partial charge in [-0.1, -0.05) is 17.7 Å². The van der Waals surface area contributed by atoms with Crippen LogP contribution >= 0.6 is 0 Å². The van der Waals surface area contributed by atoms with E-state index in [9.17, 15) is 4.79 Å². The molecule has 6 heteroatoms. The topological polar surface area (TPSA) is 53.6 Å². The van der Waals surface area contributed by atoms with Crippen LogP contribution in [0.2, 0.25) is 0 Å². The summed E-state index contributed by atoms with van der Waals surface area (Å²) in [6.45, 7) is 6.31. The van der Waals surface area contributed by atoms with Crippen LogP contribution in [0.4, 0.5) is 9.18 Å². The number of piperidine rings is 1. The fourth-order valence-corrected chi connectivity index (χ4v) is 5.17. The van der Waals surface area contributed by atoms with E-state index in [-0.39, 0.29) is 17.8 Å². The van der Waals surface area contributed by atoms with Gasteiger partial charge in [-0.3, -0.25) is 0 Å². The van der Waals surface area contributed by atoms with Crippen LogP contribution < -0.4 is 10.6 Å². The fourth-order valence-electron chi connectivity index (χ4n) is 5.17. The van der Waals surface area contributed by atoms with E-state index < -0.39 is 5.54 Å². The molecule has 5 nitrogen and oxygen atoms in total. The Balaban J connectivity index is 1.85. The monoisotopic (exact) mass is 361 g/mol. The van der Waals surface area contributed by atoms with Crippen molar-refractivity contribution in [1.82, 2.24) is 15.5 Å². The minimum absolute atomic E-state index is 0.0771. The smallest absolute Gasteiger partial charge is 0.318 e. The van der Waals surface area contributed by atoms with E-state index in [1.165, 1.54) is 0 Å². The average molecular weight is 361 g/mol. The molecule has 3 aliphatic rings. The molecule has 1 aromatic carbocycles. The molecule has 0 spiro atoms. The number of rotatable bonds is 3. The predicted octanol–water partition coefficient (Wildman–Crippen LogP) is 2.39. The van der Waals surface area contributed by atoms with Gasteiger partial charge in [0.15, 0.2) is 0 Å². The molecule has 1 aromatic rings. The van der Waals surface area contributed by atoms with Crippen molar-refractivity contribution in [3.05, 3.63) is 35.1 Å². The van der Waals surface area contributed by atoms with Gasteiger partial charge in [-0.05, 0) is 51.3 Å². The Labute approximate surface area is 154 Å². The van der Waals surface area contributed by atoms with Crippen LogP contribution in [0.3, 0.4) is 0 Å². The highest BCUT2D eigenvalue weighted by atomic mass is 19.1. The van der Waals surface area contributed by atoms with Gasteiger partial charge in [0.05, 0.1) is 12.1 Å². The first-order chi connectivity index (χ1) is 12.6. The first-order valence-corrected chi connectivity index (χ1v) is 9.73. The van der Waals surface area contributed by atoms with Crippen molar-refractivity contribution in [1.29, 1.82) is 0 Å². The minimum Gasteiger partial charge on any atom is -0.381 e. The third-order valence-corrected chi connectivity index (χ3v) is 6.42. The number of nitrogens with one attached hydrogen (secondary N) is 2. The molecule has 0 radical (unpaired) electrons. The summed E-state index contributed by atoms with van der Waals surface area (Å²) in [5.74, 6) is 0.319. The van der Waals surface area contributed by atoms with Crippen molar-refractivity contribution in [2.75, 3.05) is 39.4 Å². The number of aryl methyl sites for hydroxylation is 1. The van der Waals surface area contributed by atoms with Gasteiger partial charge >= 0.3 is 6.03 Å². The molecule has 26 heavy (non-hydrogen) atoms. The van der Waals surface area contributed by atoms with Crippen molar-refractivity contribution < 1.29 is 13.9 Å². The minimum atomic E-state index is -0.628. The zero-order chi connectivity index (χ0) is 18.1. The second kappa shape index (κ2) is 7.16. The zero-order valence-corrected chi connectivity index (χ0v) is 15.4. The molecule has 0 aromatic heterocycles. The van der Waals surface area contributed by atoms with Gasteiger partial charge in [0, 0.05) is 31.2 Å². The molecule has 0 aliphatic carbocycles. The summed E-state index contributed by atoms with van der Waals surface area (Å²) in [5.41, 5.74) is 1.06. The van der Waals surface area contributed by atoms with Gasteiger partial charge in [-0.2, -0.15) is 0 Å². The molecule has 2 unspecified atom stereocenters. The molecule has 0 bridgehead atoms. The van der Waals surface area contributed by atoms with Crippen molar-refractivity contribution >= 4 is 6.03 Å². The van der Waals surface area contributed by atoms with E-state index in [4.69, 9.17) is 4.74 Å². The van der Waals surface area contributed by atoms with E-state index in [2.05, 4.69) is 10.6 Å². The van der Waals surface area contributed by atoms with Gasteiger partial charge < -0.3 is 20.3 Å². The Morgan fingerprint density at radius 1 is 1.27 bits per heavy atom. The number of benzene rings is 1. The molecule has 3 fully saturated rings. The van der Waals surface area contributed by atoms with E-state index in [1.807, 2.05) is 17.9 Å². The van der Waals surface area contributed by atoms with E-state index >= 15 is 4.39 Å². The lowest BCUT2D eigenvalue weighted by molar-refractivity contribution is -0.0863. The zero-order valence-electron chi connectivity index (χ0n) is 15.4. The summed E-state index contributed by atoms with van der Waals surface area (Å²) in [4.78, 5) is 14.6.